The fourth-order valence-electron chi connectivity index (χ4n) is 2.97. The average Bonchev–Trinajstić information content (AvgIpc) is 2.80. The number of aliphatic hydroxyl groups is 1. The van der Waals surface area contributed by atoms with Crippen LogP contribution in [0.4, 0.5) is 0 Å². The number of nitrogens with two attached hydrogens (primary N) is 1. The fraction of sp³-hybridized carbons (Fsp3) is 0.438. The van der Waals surface area contributed by atoms with Crippen molar-refractivity contribution in [2.24, 2.45) is 5.73 Å². The normalized spacial score (nSPS) is 11.2. The third-order valence-electron chi connectivity index (χ3n) is 3.87. The lowest BCUT2D eigenvalue weighted by Crippen LogP contribution is -2.05. The first-order chi connectivity index (χ1) is 10.0. The molecule has 21 heavy (non-hydrogen) atoms. The molecule has 0 spiro atoms. The summed E-state index contributed by atoms with van der Waals surface area (Å²) >= 11 is 0. The van der Waals surface area contributed by atoms with Gasteiger partial charge >= 0.3 is 5.97 Å². The van der Waals surface area contributed by atoms with Crippen molar-refractivity contribution in [1.82, 2.24) is 4.57 Å². The molecule has 0 aliphatic rings. The number of hydrogen-bond acceptors (Lipinski definition) is 3. The molecule has 2 aromatic rings. The number of rotatable bonds is 6. The maximum Gasteiger partial charge on any atom is 0.335 e. The van der Waals surface area contributed by atoms with Gasteiger partial charge < -0.3 is 20.5 Å². The number of aryl methyl sites for hydroxylation is 3. The van der Waals surface area contributed by atoms with E-state index in [-0.39, 0.29) is 6.61 Å². The summed E-state index contributed by atoms with van der Waals surface area (Å²) in [7, 11) is 0. The number of carboxylic acids is 1. The van der Waals surface area contributed by atoms with Gasteiger partial charge in [-0.15, -0.1) is 0 Å². The van der Waals surface area contributed by atoms with Crippen LogP contribution in [0.5, 0.6) is 0 Å². The molecule has 0 radical (unpaired) electrons. The van der Waals surface area contributed by atoms with E-state index in [2.05, 4.69) is 4.57 Å². The van der Waals surface area contributed by atoms with Crippen LogP contribution in [0.3, 0.4) is 0 Å². The van der Waals surface area contributed by atoms with Gasteiger partial charge in [0, 0.05) is 24.7 Å². The summed E-state index contributed by atoms with van der Waals surface area (Å²) in [4.78, 5) is 11.4. The molecule has 0 fully saturated rings. The average molecular weight is 290 g/mol. The fourth-order valence-corrected chi connectivity index (χ4v) is 2.97. The molecule has 5 heteroatoms. The highest BCUT2D eigenvalue weighted by Gasteiger charge is 2.18. The van der Waals surface area contributed by atoms with Crippen LogP contribution in [0.2, 0.25) is 0 Å². The Morgan fingerprint density at radius 1 is 1.38 bits per heavy atom. The van der Waals surface area contributed by atoms with E-state index in [9.17, 15) is 9.90 Å². The first-order valence-electron chi connectivity index (χ1n) is 7.17. The molecule has 0 unspecified atom stereocenters. The van der Waals surface area contributed by atoms with Crippen LogP contribution >= 0.6 is 0 Å². The van der Waals surface area contributed by atoms with E-state index in [4.69, 9.17) is 10.8 Å². The van der Waals surface area contributed by atoms with Crippen LogP contribution in [0.15, 0.2) is 12.3 Å². The minimum atomic E-state index is -0.903. The van der Waals surface area contributed by atoms with E-state index in [1.807, 2.05) is 20.0 Å². The van der Waals surface area contributed by atoms with E-state index in [1.54, 1.807) is 6.07 Å². The number of fused-ring (bicyclic) bond motifs is 1. The van der Waals surface area contributed by atoms with E-state index in [0.29, 0.717) is 31.5 Å². The molecule has 1 aromatic carbocycles. The second-order valence-electron chi connectivity index (χ2n) is 5.36. The minimum absolute atomic E-state index is 0.136. The Hall–Kier alpha value is -1.85. The maximum absolute atomic E-state index is 11.4. The van der Waals surface area contributed by atoms with Crippen molar-refractivity contribution >= 4 is 16.9 Å². The van der Waals surface area contributed by atoms with Gasteiger partial charge in [0.2, 0.25) is 0 Å². The van der Waals surface area contributed by atoms with Gasteiger partial charge in [0.25, 0.3) is 0 Å². The van der Waals surface area contributed by atoms with Crippen molar-refractivity contribution in [2.45, 2.75) is 33.2 Å². The molecule has 0 bridgehead atoms. The van der Waals surface area contributed by atoms with Gasteiger partial charge in [-0.1, -0.05) is 0 Å². The van der Waals surface area contributed by atoms with Gasteiger partial charge in [0.15, 0.2) is 0 Å². The van der Waals surface area contributed by atoms with E-state index in [1.165, 1.54) is 0 Å². The largest absolute Gasteiger partial charge is 0.478 e. The Balaban J connectivity index is 2.74. The second-order valence-corrected chi connectivity index (χ2v) is 5.36. The van der Waals surface area contributed by atoms with Gasteiger partial charge in [-0.05, 0) is 56.0 Å². The molecule has 0 aliphatic heterocycles. The number of carboxylic acid groups (broad SMARTS) is 1. The molecule has 2 rings (SSSR count). The summed E-state index contributed by atoms with van der Waals surface area (Å²) in [6.07, 6.45) is 3.43. The standard InChI is InChI=1S/C16H22N2O3/c1-10-8-13(16(20)21)11(2)14-12(4-5-17)9-18(15(10)14)6-3-7-19/h8-9,19H,3-7,17H2,1-2H3,(H,20,21). The van der Waals surface area contributed by atoms with Crippen molar-refractivity contribution in [3.63, 3.8) is 0 Å². The molecule has 4 N–H and O–H groups in total. The first-order valence-corrected chi connectivity index (χ1v) is 7.17. The monoisotopic (exact) mass is 290 g/mol. The van der Waals surface area contributed by atoms with Crippen molar-refractivity contribution in [3.8, 4) is 0 Å². The van der Waals surface area contributed by atoms with Crippen LogP contribution < -0.4 is 5.73 Å². The molecule has 114 valence electrons. The van der Waals surface area contributed by atoms with Crippen LogP contribution in [-0.2, 0) is 13.0 Å². The Kier molecular flexibility index (Phi) is 4.65. The topological polar surface area (TPSA) is 88.5 Å². The lowest BCUT2D eigenvalue weighted by molar-refractivity contribution is 0.0696. The summed E-state index contributed by atoms with van der Waals surface area (Å²) < 4.78 is 2.10. The lowest BCUT2D eigenvalue weighted by Gasteiger charge is -2.10. The maximum atomic E-state index is 11.4. The van der Waals surface area contributed by atoms with Gasteiger partial charge in [-0.3, -0.25) is 0 Å². The zero-order chi connectivity index (χ0) is 15.6. The van der Waals surface area contributed by atoms with Gasteiger partial charge in [-0.25, -0.2) is 4.79 Å². The quantitative estimate of drug-likeness (QED) is 0.757. The zero-order valence-electron chi connectivity index (χ0n) is 12.5. The minimum Gasteiger partial charge on any atom is -0.478 e. The lowest BCUT2D eigenvalue weighted by atomic mass is 9.97. The molecular formula is C16H22N2O3. The van der Waals surface area contributed by atoms with Gasteiger partial charge in [0.05, 0.1) is 11.1 Å². The Morgan fingerprint density at radius 3 is 2.67 bits per heavy atom. The van der Waals surface area contributed by atoms with E-state index >= 15 is 0 Å². The highest BCUT2D eigenvalue weighted by atomic mass is 16.4. The van der Waals surface area contributed by atoms with Crippen molar-refractivity contribution in [3.05, 3.63) is 34.5 Å². The highest BCUT2D eigenvalue weighted by molar-refractivity contribution is 6.00. The summed E-state index contributed by atoms with van der Waals surface area (Å²) in [5, 5.41) is 19.4. The predicted molar refractivity (Wildman–Crippen MR) is 82.8 cm³/mol. The third-order valence-corrected chi connectivity index (χ3v) is 3.87. The van der Waals surface area contributed by atoms with Crippen LogP contribution in [0.1, 0.15) is 33.5 Å². The van der Waals surface area contributed by atoms with Crippen LogP contribution in [0.25, 0.3) is 10.9 Å². The second kappa shape index (κ2) is 6.28. The highest BCUT2D eigenvalue weighted by Crippen LogP contribution is 2.31. The zero-order valence-corrected chi connectivity index (χ0v) is 12.5. The number of benzene rings is 1. The Labute approximate surface area is 124 Å². The molecule has 0 aliphatic carbocycles. The van der Waals surface area contributed by atoms with Gasteiger partial charge in [0.1, 0.15) is 0 Å². The predicted octanol–water partition coefficient (Wildman–Crippen LogP) is 1.84. The summed E-state index contributed by atoms with van der Waals surface area (Å²) in [6.45, 7) is 5.15. The molecule has 5 nitrogen and oxygen atoms in total. The van der Waals surface area contributed by atoms with Crippen molar-refractivity contribution in [2.75, 3.05) is 13.2 Å². The summed E-state index contributed by atoms with van der Waals surface area (Å²) in [6, 6.07) is 1.72. The van der Waals surface area contributed by atoms with E-state index < -0.39 is 5.97 Å². The number of nitrogens with zero attached hydrogens (tertiary/aromatic N) is 1. The van der Waals surface area contributed by atoms with Gasteiger partial charge in [-0.2, -0.15) is 0 Å². The first kappa shape index (κ1) is 15.5. The number of aromatic carboxylic acids is 1. The summed E-state index contributed by atoms with van der Waals surface area (Å²) in [5.41, 5.74) is 9.88. The molecule has 0 amide bonds. The Bertz CT molecular complexity index is 674. The third kappa shape index (κ3) is 2.80. The molecule has 0 atom stereocenters. The molecule has 0 saturated carbocycles. The molecule has 0 saturated heterocycles. The summed E-state index contributed by atoms with van der Waals surface area (Å²) in [5.74, 6) is -0.903. The molecular weight excluding hydrogens is 268 g/mol. The van der Waals surface area contributed by atoms with Crippen molar-refractivity contribution < 1.29 is 15.0 Å². The number of hydrogen-bond donors (Lipinski definition) is 3. The molecule has 1 heterocycles. The van der Waals surface area contributed by atoms with Crippen LogP contribution in [0, 0.1) is 13.8 Å². The smallest absolute Gasteiger partial charge is 0.335 e. The van der Waals surface area contributed by atoms with Crippen molar-refractivity contribution in [1.29, 1.82) is 0 Å². The number of carbonyl (C=O) groups is 1. The molecule has 1 aromatic heterocycles. The van der Waals surface area contributed by atoms with Crippen LogP contribution in [-0.4, -0.2) is 33.9 Å². The number of aliphatic hydroxyl groups excluding tert-OH is 1. The number of aromatic nitrogens is 1. The van der Waals surface area contributed by atoms with E-state index in [0.717, 1.165) is 27.6 Å². The Morgan fingerprint density at radius 2 is 2.10 bits per heavy atom. The SMILES string of the molecule is Cc1c(C(=O)O)cc(C)c2c1c(CCN)cn2CCCO.